The lowest BCUT2D eigenvalue weighted by Gasteiger charge is -2.12. The molecule has 0 aliphatic carbocycles. The number of amides is 2. The van der Waals surface area contributed by atoms with Gasteiger partial charge >= 0.3 is 0 Å². The van der Waals surface area contributed by atoms with E-state index in [9.17, 15) is 9.59 Å². The fourth-order valence-electron chi connectivity index (χ4n) is 3.08. The SMILES string of the molecule is CNC(=O)c1ccc(C=CC(=O)NCc2[nH]cc(Cl)c2-c2ccc(Cl)c(CCl)c2Cl)cc1. The van der Waals surface area contributed by atoms with Crippen LogP contribution in [0.2, 0.25) is 15.1 Å². The Kier molecular flexibility index (Phi) is 8.26. The van der Waals surface area contributed by atoms with E-state index in [2.05, 4.69) is 15.6 Å². The van der Waals surface area contributed by atoms with Crippen LogP contribution in [0.5, 0.6) is 0 Å². The first-order valence-electron chi connectivity index (χ1n) is 9.52. The molecule has 5 nitrogen and oxygen atoms in total. The molecule has 32 heavy (non-hydrogen) atoms. The largest absolute Gasteiger partial charge is 0.362 e. The number of benzene rings is 2. The number of hydrogen-bond acceptors (Lipinski definition) is 2. The Labute approximate surface area is 205 Å². The van der Waals surface area contributed by atoms with Crippen molar-refractivity contribution in [3.05, 3.63) is 86.1 Å². The van der Waals surface area contributed by atoms with Gasteiger partial charge in [0.05, 0.1) is 22.5 Å². The standard InChI is InChI=1S/C23H19Cl4N3O2/c1-28-23(32)14-5-2-13(3-6-14)4-9-20(31)30-12-19-21(18(26)11-29-19)15-7-8-17(25)16(10-24)22(15)27/h2-9,11,29H,10,12H2,1H3,(H,28,32)(H,30,31). The third-order valence-corrected chi connectivity index (χ3v) is 6.12. The highest BCUT2D eigenvalue weighted by molar-refractivity contribution is 6.40. The number of nitrogens with one attached hydrogen (secondary N) is 3. The van der Waals surface area contributed by atoms with Gasteiger partial charge in [0.2, 0.25) is 5.91 Å². The molecule has 3 rings (SSSR count). The van der Waals surface area contributed by atoms with Crippen LogP contribution in [0.15, 0.2) is 48.7 Å². The van der Waals surface area contributed by atoms with E-state index in [1.165, 1.54) is 6.08 Å². The monoisotopic (exact) mass is 509 g/mol. The molecule has 0 fully saturated rings. The second-order valence-electron chi connectivity index (χ2n) is 6.76. The molecule has 0 spiro atoms. The van der Waals surface area contributed by atoms with E-state index < -0.39 is 0 Å². The summed E-state index contributed by atoms with van der Waals surface area (Å²) in [6.07, 6.45) is 4.71. The van der Waals surface area contributed by atoms with E-state index in [0.29, 0.717) is 43.0 Å². The van der Waals surface area contributed by atoms with Gasteiger partial charge in [0, 0.05) is 52.3 Å². The Balaban J connectivity index is 1.71. The molecule has 0 bridgehead atoms. The van der Waals surface area contributed by atoms with Crippen LogP contribution >= 0.6 is 46.4 Å². The molecule has 3 aromatic rings. The number of rotatable bonds is 7. The Morgan fingerprint density at radius 2 is 1.75 bits per heavy atom. The van der Waals surface area contributed by atoms with Crippen molar-refractivity contribution >= 4 is 64.3 Å². The van der Waals surface area contributed by atoms with Crippen molar-refractivity contribution in [2.45, 2.75) is 12.4 Å². The van der Waals surface area contributed by atoms with Gasteiger partial charge in [0.25, 0.3) is 5.91 Å². The average molecular weight is 511 g/mol. The maximum absolute atomic E-state index is 12.3. The summed E-state index contributed by atoms with van der Waals surface area (Å²) >= 11 is 25.0. The van der Waals surface area contributed by atoms with Crippen molar-refractivity contribution in [1.82, 2.24) is 15.6 Å². The minimum atomic E-state index is -0.291. The zero-order valence-corrected chi connectivity index (χ0v) is 20.0. The molecule has 166 valence electrons. The fraction of sp³-hybridized carbons (Fsp3) is 0.130. The summed E-state index contributed by atoms with van der Waals surface area (Å²) in [4.78, 5) is 27.0. The third kappa shape index (κ3) is 5.48. The van der Waals surface area contributed by atoms with Crippen LogP contribution in [0, 0.1) is 0 Å². The van der Waals surface area contributed by atoms with Gasteiger partial charge in [0.15, 0.2) is 0 Å². The van der Waals surface area contributed by atoms with Crippen LogP contribution in [0.4, 0.5) is 0 Å². The van der Waals surface area contributed by atoms with Crippen LogP contribution in [0.3, 0.4) is 0 Å². The van der Waals surface area contributed by atoms with Gasteiger partial charge in [0.1, 0.15) is 0 Å². The van der Waals surface area contributed by atoms with Gasteiger partial charge in [-0.3, -0.25) is 9.59 Å². The van der Waals surface area contributed by atoms with E-state index in [4.69, 9.17) is 46.4 Å². The van der Waals surface area contributed by atoms with Gasteiger partial charge in [-0.25, -0.2) is 0 Å². The van der Waals surface area contributed by atoms with Crippen LogP contribution in [0.1, 0.15) is 27.2 Å². The van der Waals surface area contributed by atoms with Crippen LogP contribution in [-0.4, -0.2) is 23.8 Å². The second kappa shape index (κ2) is 10.9. The molecule has 0 unspecified atom stereocenters. The number of carbonyl (C=O) groups excluding carboxylic acids is 2. The normalized spacial score (nSPS) is 11.0. The first kappa shape index (κ1) is 24.2. The molecule has 2 amide bonds. The number of alkyl halides is 1. The van der Waals surface area contributed by atoms with Crippen LogP contribution in [-0.2, 0) is 17.2 Å². The van der Waals surface area contributed by atoms with Crippen molar-refractivity contribution in [3.8, 4) is 11.1 Å². The number of halogens is 4. The van der Waals surface area contributed by atoms with Gasteiger partial charge in [-0.05, 0) is 29.8 Å². The van der Waals surface area contributed by atoms with Crippen molar-refractivity contribution < 1.29 is 9.59 Å². The van der Waals surface area contributed by atoms with Crippen molar-refractivity contribution in [1.29, 1.82) is 0 Å². The summed E-state index contributed by atoms with van der Waals surface area (Å²) in [6, 6.07) is 10.4. The molecule has 3 N–H and O–H groups in total. The smallest absolute Gasteiger partial charge is 0.251 e. The maximum Gasteiger partial charge on any atom is 0.251 e. The predicted molar refractivity (Wildman–Crippen MR) is 132 cm³/mol. The molecule has 0 aliphatic heterocycles. The van der Waals surface area contributed by atoms with Gasteiger partial charge < -0.3 is 15.6 Å². The molecular weight excluding hydrogens is 492 g/mol. The maximum atomic E-state index is 12.3. The van der Waals surface area contributed by atoms with E-state index in [0.717, 1.165) is 5.56 Å². The quantitative estimate of drug-likeness (QED) is 0.266. The summed E-state index contributed by atoms with van der Waals surface area (Å²) in [5.74, 6) is -0.299. The van der Waals surface area contributed by atoms with Crippen LogP contribution < -0.4 is 10.6 Å². The molecular formula is C23H19Cl4N3O2. The molecule has 2 aromatic carbocycles. The summed E-state index contributed by atoms with van der Waals surface area (Å²) in [7, 11) is 1.57. The molecule has 1 heterocycles. The zero-order valence-electron chi connectivity index (χ0n) is 16.9. The number of hydrogen-bond donors (Lipinski definition) is 3. The van der Waals surface area contributed by atoms with E-state index in [1.807, 2.05) is 0 Å². The third-order valence-electron chi connectivity index (χ3n) is 4.77. The van der Waals surface area contributed by atoms with Crippen LogP contribution in [0.25, 0.3) is 17.2 Å². The number of H-pyrrole nitrogens is 1. The van der Waals surface area contributed by atoms with E-state index >= 15 is 0 Å². The molecule has 0 atom stereocenters. The highest BCUT2D eigenvalue weighted by atomic mass is 35.5. The highest BCUT2D eigenvalue weighted by Gasteiger charge is 2.18. The summed E-state index contributed by atoms with van der Waals surface area (Å²) in [5, 5.41) is 6.73. The predicted octanol–water partition coefficient (Wildman–Crippen LogP) is 6.07. The minimum Gasteiger partial charge on any atom is -0.362 e. The Morgan fingerprint density at radius 3 is 2.41 bits per heavy atom. The molecule has 0 radical (unpaired) electrons. The fourth-order valence-corrected chi connectivity index (χ4v) is 4.36. The molecule has 1 aromatic heterocycles. The van der Waals surface area contributed by atoms with Crippen molar-refractivity contribution in [3.63, 3.8) is 0 Å². The van der Waals surface area contributed by atoms with E-state index in [-0.39, 0.29) is 24.2 Å². The topological polar surface area (TPSA) is 74.0 Å². The highest BCUT2D eigenvalue weighted by Crippen LogP contribution is 2.40. The minimum absolute atomic E-state index is 0.161. The average Bonchev–Trinajstić information content (AvgIpc) is 3.16. The Hall–Kier alpha value is -2.44. The summed E-state index contributed by atoms with van der Waals surface area (Å²) in [6.45, 7) is 0.204. The number of aromatic nitrogens is 1. The molecule has 0 saturated carbocycles. The van der Waals surface area contributed by atoms with Crippen molar-refractivity contribution in [2.24, 2.45) is 0 Å². The zero-order chi connectivity index (χ0) is 23.3. The summed E-state index contributed by atoms with van der Waals surface area (Å²) in [5.41, 5.74) is 3.99. The first-order valence-corrected chi connectivity index (χ1v) is 11.2. The molecule has 0 saturated heterocycles. The lowest BCUT2D eigenvalue weighted by atomic mass is 10.0. The first-order chi connectivity index (χ1) is 15.3. The van der Waals surface area contributed by atoms with Gasteiger partial charge in [-0.1, -0.05) is 53.0 Å². The van der Waals surface area contributed by atoms with Gasteiger partial charge in [-0.15, -0.1) is 11.6 Å². The Morgan fingerprint density at radius 1 is 1.03 bits per heavy atom. The lowest BCUT2D eigenvalue weighted by molar-refractivity contribution is -0.116. The molecule has 9 heteroatoms. The van der Waals surface area contributed by atoms with Crippen molar-refractivity contribution in [2.75, 3.05) is 7.05 Å². The lowest BCUT2D eigenvalue weighted by Crippen LogP contribution is -2.20. The second-order valence-corrected chi connectivity index (χ2v) is 8.22. The molecule has 0 aliphatic rings. The summed E-state index contributed by atoms with van der Waals surface area (Å²) < 4.78 is 0. The number of aromatic amines is 1. The Bertz CT molecular complexity index is 1170. The van der Waals surface area contributed by atoms with E-state index in [1.54, 1.807) is 55.7 Å². The van der Waals surface area contributed by atoms with Gasteiger partial charge in [-0.2, -0.15) is 0 Å². The number of carbonyl (C=O) groups is 2.